The van der Waals surface area contributed by atoms with E-state index in [9.17, 15) is 14.4 Å². The first-order valence-electron chi connectivity index (χ1n) is 20.0. The van der Waals surface area contributed by atoms with E-state index in [1.807, 2.05) is 45.1 Å². The topological polar surface area (TPSA) is 118 Å². The number of pyridine rings is 1. The predicted molar refractivity (Wildman–Crippen MR) is 223 cm³/mol. The number of fused-ring (bicyclic) bond motifs is 1. The van der Waals surface area contributed by atoms with Crippen LogP contribution in [-0.4, -0.2) is 90.2 Å². The maximum absolute atomic E-state index is 14.1. The molecule has 5 rings (SSSR count). The fraction of sp³-hybridized carbons (Fsp3) is 0.511. The summed E-state index contributed by atoms with van der Waals surface area (Å²) in [5, 5.41) is 5.96. The minimum Gasteiger partial charge on any atom is -0.465 e. The van der Waals surface area contributed by atoms with Gasteiger partial charge in [-0.2, -0.15) is 0 Å². The highest BCUT2D eigenvalue weighted by Crippen LogP contribution is 2.41. The van der Waals surface area contributed by atoms with Crippen molar-refractivity contribution in [1.82, 2.24) is 30.2 Å². The summed E-state index contributed by atoms with van der Waals surface area (Å²) in [5.74, 6) is -0.503. The van der Waals surface area contributed by atoms with Crippen LogP contribution in [0.25, 0.3) is 33.3 Å². The number of likely N-dealkylation sites (N-methyl/N-ethyl adjacent to an activating group) is 1. The minimum absolute atomic E-state index is 0.0688. The molecule has 2 unspecified atom stereocenters. The lowest BCUT2D eigenvalue weighted by atomic mass is 9.84. The van der Waals surface area contributed by atoms with Gasteiger partial charge in [0.05, 0.1) is 24.9 Å². The number of amides is 2. The third-order valence-corrected chi connectivity index (χ3v) is 10.6. The van der Waals surface area contributed by atoms with Crippen LogP contribution >= 0.6 is 0 Å². The summed E-state index contributed by atoms with van der Waals surface area (Å²) < 4.78 is 13.5. The van der Waals surface area contributed by atoms with Gasteiger partial charge in [-0.1, -0.05) is 57.5 Å². The first-order chi connectivity index (χ1) is 26.6. The summed E-state index contributed by atoms with van der Waals surface area (Å²) in [4.78, 5) is 46.1. The second-order valence-electron chi connectivity index (χ2n) is 16.6. The number of benzene rings is 2. The Hall–Kier alpha value is -4.58. The molecule has 2 aromatic carbocycles. The second-order valence-corrected chi connectivity index (χ2v) is 16.6. The summed E-state index contributed by atoms with van der Waals surface area (Å²) in [7, 11) is 5.50. The third-order valence-electron chi connectivity index (χ3n) is 10.6. The van der Waals surface area contributed by atoms with Crippen LogP contribution in [0.2, 0.25) is 0 Å². The fourth-order valence-corrected chi connectivity index (χ4v) is 8.20. The lowest BCUT2D eigenvalue weighted by molar-refractivity contribution is -0.144. The Morgan fingerprint density at radius 2 is 1.82 bits per heavy atom. The summed E-state index contributed by atoms with van der Waals surface area (Å²) in [6.45, 7) is 16.8. The molecule has 1 aliphatic heterocycles. The smallest absolute Gasteiger partial charge is 0.302 e. The number of hydrogen-bond donors (Lipinski definition) is 2. The molecule has 0 saturated carbocycles. The number of rotatable bonds is 16. The number of carbonyl (C=O) groups excluding carboxylic acids is 3. The van der Waals surface area contributed by atoms with Gasteiger partial charge in [0, 0.05) is 74.4 Å². The lowest BCUT2D eigenvalue weighted by Crippen LogP contribution is -2.58. The van der Waals surface area contributed by atoms with Gasteiger partial charge in [-0.3, -0.25) is 29.3 Å². The van der Waals surface area contributed by atoms with Crippen molar-refractivity contribution in [1.29, 1.82) is 0 Å². The molecule has 0 bridgehead atoms. The first-order valence-corrected chi connectivity index (χ1v) is 20.0. The predicted octanol–water partition coefficient (Wildman–Crippen LogP) is 6.72. The highest BCUT2D eigenvalue weighted by Gasteiger charge is 2.32. The summed E-state index contributed by atoms with van der Waals surface area (Å²) in [5.41, 5.74) is 12.4. The van der Waals surface area contributed by atoms with E-state index >= 15 is 0 Å². The Balaban J connectivity index is 1.61. The molecular formula is C45H62N6O5. The molecule has 2 aromatic heterocycles. The molecule has 2 N–H and O–H groups in total. The van der Waals surface area contributed by atoms with Gasteiger partial charge in [-0.15, -0.1) is 0 Å². The van der Waals surface area contributed by atoms with E-state index in [4.69, 9.17) is 9.47 Å². The molecule has 0 spiro atoms. The van der Waals surface area contributed by atoms with Gasteiger partial charge >= 0.3 is 5.97 Å². The van der Waals surface area contributed by atoms with Gasteiger partial charge in [-0.25, -0.2) is 5.43 Å². The average Bonchev–Trinajstić information content (AvgIpc) is 3.45. The van der Waals surface area contributed by atoms with Crippen LogP contribution in [-0.2, 0) is 49.9 Å². The molecule has 11 nitrogen and oxygen atoms in total. The molecule has 1 saturated heterocycles. The number of methoxy groups -OCH3 is 1. The summed E-state index contributed by atoms with van der Waals surface area (Å²) in [6.07, 6.45) is 6.65. The number of nitrogens with zero attached hydrogens (tertiary/aromatic N) is 4. The molecular weight excluding hydrogens is 705 g/mol. The van der Waals surface area contributed by atoms with E-state index in [0.29, 0.717) is 26.0 Å². The number of hydrazine groups is 1. The quantitative estimate of drug-likeness (QED) is 0.121. The number of ether oxygens (including phenoxy) is 2. The molecule has 0 radical (unpaired) electrons. The van der Waals surface area contributed by atoms with Crippen LogP contribution in [0.5, 0.6) is 0 Å². The van der Waals surface area contributed by atoms with E-state index in [1.54, 1.807) is 18.3 Å². The number of nitrogens with one attached hydrogen (secondary N) is 2. The van der Waals surface area contributed by atoms with Crippen molar-refractivity contribution in [2.24, 2.45) is 11.3 Å². The van der Waals surface area contributed by atoms with Crippen molar-refractivity contribution in [2.75, 3.05) is 40.9 Å². The highest BCUT2D eigenvalue weighted by molar-refractivity contribution is 5.95. The Bertz CT molecular complexity index is 2000. The fourth-order valence-electron chi connectivity index (χ4n) is 8.20. The zero-order chi connectivity index (χ0) is 40.7. The Kier molecular flexibility index (Phi) is 14.1. The molecule has 56 heavy (non-hydrogen) atoms. The Labute approximate surface area is 333 Å². The third kappa shape index (κ3) is 10.0. The van der Waals surface area contributed by atoms with Gasteiger partial charge in [0.25, 0.3) is 5.91 Å². The van der Waals surface area contributed by atoms with Crippen LogP contribution in [0.15, 0.2) is 54.9 Å². The van der Waals surface area contributed by atoms with E-state index in [1.165, 1.54) is 6.92 Å². The van der Waals surface area contributed by atoms with Crippen LogP contribution in [0, 0.1) is 18.3 Å². The largest absolute Gasteiger partial charge is 0.465 e. The minimum atomic E-state index is -0.737. The standard InChI is InChI=1S/C45H62N6O5/c1-11-50-40-15-14-33(24-36(40)37(25-45(6,7)28-56-31(5)52)42(50)38-26-46-18-16-34(38)27-55-10)35-21-30(4)20-32(22-35)23-39(44(54)51-19-13-12-17-47-51)48-43(53)41(29(2)3)49(8)9/h14-16,18,20-22,24,26,29,39,41,47H,11-13,17,19,23,25,27-28H2,1-10H3,(H,48,53). The van der Waals surface area contributed by atoms with E-state index in [-0.39, 0.29) is 41.8 Å². The summed E-state index contributed by atoms with van der Waals surface area (Å²) in [6, 6.07) is 14.0. The maximum atomic E-state index is 14.1. The number of carbonyl (C=O) groups is 3. The molecule has 1 aliphatic rings. The number of aryl methyl sites for hydroxylation is 2. The van der Waals surface area contributed by atoms with E-state index in [0.717, 1.165) is 81.5 Å². The van der Waals surface area contributed by atoms with Crippen LogP contribution in [0.4, 0.5) is 0 Å². The van der Waals surface area contributed by atoms with E-state index in [2.05, 4.69) is 84.4 Å². The van der Waals surface area contributed by atoms with Crippen LogP contribution in [0.3, 0.4) is 0 Å². The Morgan fingerprint density at radius 3 is 2.46 bits per heavy atom. The molecule has 3 heterocycles. The van der Waals surface area contributed by atoms with Crippen molar-refractivity contribution < 1.29 is 23.9 Å². The number of esters is 1. The SMILES string of the molecule is CCn1c(-c2cnccc2COC)c(CC(C)(C)COC(C)=O)c2cc(-c3cc(C)cc(CC(NC(=O)C(C(C)C)N(C)C)C(=O)N4CCCCN4)c3)ccc21. The van der Waals surface area contributed by atoms with Gasteiger partial charge < -0.3 is 19.4 Å². The zero-order valence-corrected chi connectivity index (χ0v) is 35.1. The lowest BCUT2D eigenvalue weighted by Gasteiger charge is -2.33. The van der Waals surface area contributed by atoms with Crippen LogP contribution < -0.4 is 10.7 Å². The molecule has 4 aromatic rings. The first kappa shape index (κ1) is 42.6. The van der Waals surface area contributed by atoms with Gasteiger partial charge in [0.1, 0.15) is 6.04 Å². The molecule has 302 valence electrons. The number of hydrogen-bond acceptors (Lipinski definition) is 8. The van der Waals surface area contributed by atoms with E-state index < -0.39 is 6.04 Å². The Morgan fingerprint density at radius 1 is 1.05 bits per heavy atom. The molecule has 2 atom stereocenters. The highest BCUT2D eigenvalue weighted by atomic mass is 16.5. The normalized spacial score (nSPS) is 14.7. The van der Waals surface area contributed by atoms with Gasteiger partial charge in [0.2, 0.25) is 5.91 Å². The zero-order valence-electron chi connectivity index (χ0n) is 35.1. The van der Waals surface area contributed by atoms with Crippen molar-refractivity contribution in [3.05, 3.63) is 77.1 Å². The summed E-state index contributed by atoms with van der Waals surface area (Å²) >= 11 is 0. The number of aromatic nitrogens is 2. The molecule has 2 amide bonds. The molecule has 0 aliphatic carbocycles. The van der Waals surface area contributed by atoms with Crippen molar-refractivity contribution in [3.63, 3.8) is 0 Å². The van der Waals surface area contributed by atoms with Gasteiger partial charge in [-0.05, 0) is 99.1 Å². The maximum Gasteiger partial charge on any atom is 0.302 e. The van der Waals surface area contributed by atoms with Crippen molar-refractivity contribution >= 4 is 28.7 Å². The molecule has 11 heteroatoms. The second kappa shape index (κ2) is 18.6. The van der Waals surface area contributed by atoms with Crippen LogP contribution in [0.1, 0.15) is 76.6 Å². The van der Waals surface area contributed by atoms with Crippen molar-refractivity contribution in [2.45, 2.75) is 99.4 Å². The average molecular weight is 767 g/mol. The monoisotopic (exact) mass is 766 g/mol. The van der Waals surface area contributed by atoms with Crippen molar-refractivity contribution in [3.8, 4) is 22.4 Å². The van der Waals surface area contributed by atoms with Gasteiger partial charge in [0.15, 0.2) is 0 Å². The molecule has 1 fully saturated rings.